The predicted octanol–water partition coefficient (Wildman–Crippen LogP) is 5.20. The molecule has 0 saturated carbocycles. The van der Waals surface area contributed by atoms with Crippen LogP contribution in [0.15, 0.2) is 96.2 Å². The lowest BCUT2D eigenvalue weighted by Crippen LogP contribution is -2.17. The molecule has 5 rings (SSSR count). The van der Waals surface area contributed by atoms with Crippen molar-refractivity contribution in [3.63, 3.8) is 0 Å². The highest BCUT2D eigenvalue weighted by Gasteiger charge is 2.16. The summed E-state index contributed by atoms with van der Waals surface area (Å²) in [4.78, 5) is 12.9. The van der Waals surface area contributed by atoms with E-state index < -0.39 is 0 Å². The number of carbonyl (C=O) groups is 1. The summed E-state index contributed by atoms with van der Waals surface area (Å²) >= 11 is 1.27. The summed E-state index contributed by atoms with van der Waals surface area (Å²) in [5.74, 6) is 0.800. The molecule has 0 bridgehead atoms. The number of hydrogen-bond donors (Lipinski definition) is 1. The SMILES string of the molecule is Cn1c(SCC(=O)Nc2cc(-c3ccccc3)nn2-c2ccccc2)nnc1-c1ccc(F)cc1. The number of nitrogens with zero attached hydrogens (tertiary/aromatic N) is 5. The van der Waals surface area contributed by atoms with E-state index in [9.17, 15) is 9.18 Å². The third kappa shape index (κ3) is 4.99. The molecule has 0 unspecified atom stereocenters. The largest absolute Gasteiger partial charge is 0.310 e. The van der Waals surface area contributed by atoms with Crippen LogP contribution in [0, 0.1) is 5.82 Å². The molecule has 1 amide bonds. The molecule has 0 aliphatic heterocycles. The highest BCUT2D eigenvalue weighted by molar-refractivity contribution is 7.99. The molecule has 5 aromatic rings. The van der Waals surface area contributed by atoms with E-state index in [1.807, 2.05) is 73.8 Å². The fraction of sp³-hybridized carbons (Fsp3) is 0.0769. The van der Waals surface area contributed by atoms with Crippen LogP contribution in [0.3, 0.4) is 0 Å². The lowest BCUT2D eigenvalue weighted by molar-refractivity contribution is -0.113. The highest BCUT2D eigenvalue weighted by atomic mass is 32.2. The van der Waals surface area contributed by atoms with Crippen LogP contribution in [0.4, 0.5) is 10.2 Å². The molecule has 0 radical (unpaired) electrons. The second-order valence-electron chi connectivity index (χ2n) is 7.74. The third-order valence-corrected chi connectivity index (χ3v) is 6.34. The molecule has 9 heteroatoms. The summed E-state index contributed by atoms with van der Waals surface area (Å²) in [6.07, 6.45) is 0. The van der Waals surface area contributed by atoms with Gasteiger partial charge in [0.05, 0.1) is 17.1 Å². The first-order valence-electron chi connectivity index (χ1n) is 10.9. The van der Waals surface area contributed by atoms with E-state index >= 15 is 0 Å². The number of carbonyl (C=O) groups excluding carboxylic acids is 1. The van der Waals surface area contributed by atoms with Crippen molar-refractivity contribution in [1.29, 1.82) is 0 Å². The van der Waals surface area contributed by atoms with Crippen molar-refractivity contribution in [3.8, 4) is 28.3 Å². The average molecular weight is 485 g/mol. The van der Waals surface area contributed by atoms with Gasteiger partial charge in [-0.3, -0.25) is 4.79 Å². The number of halogens is 1. The molecule has 3 aromatic carbocycles. The van der Waals surface area contributed by atoms with Gasteiger partial charge in [0.2, 0.25) is 5.91 Å². The molecule has 174 valence electrons. The molecule has 2 aromatic heterocycles. The first-order valence-corrected chi connectivity index (χ1v) is 11.9. The smallest absolute Gasteiger partial charge is 0.236 e. The van der Waals surface area contributed by atoms with Crippen molar-refractivity contribution in [3.05, 3.63) is 96.8 Å². The first-order chi connectivity index (χ1) is 17.1. The number of benzene rings is 3. The predicted molar refractivity (Wildman–Crippen MR) is 135 cm³/mol. The number of thioether (sulfide) groups is 1. The molecule has 0 aliphatic rings. The maximum atomic E-state index is 13.2. The second kappa shape index (κ2) is 9.94. The Bertz CT molecular complexity index is 1450. The monoisotopic (exact) mass is 484 g/mol. The Hall–Kier alpha value is -4.24. The van der Waals surface area contributed by atoms with Crippen LogP contribution in [0.1, 0.15) is 0 Å². The van der Waals surface area contributed by atoms with Gasteiger partial charge in [-0.05, 0) is 36.4 Å². The summed E-state index contributed by atoms with van der Waals surface area (Å²) in [6, 6.07) is 27.4. The van der Waals surface area contributed by atoms with Crippen molar-refractivity contribution in [2.45, 2.75) is 5.16 Å². The molecule has 0 atom stereocenters. The summed E-state index contributed by atoms with van der Waals surface area (Å²) in [6.45, 7) is 0. The van der Waals surface area contributed by atoms with Gasteiger partial charge in [-0.15, -0.1) is 10.2 Å². The van der Waals surface area contributed by atoms with Crippen LogP contribution in [-0.2, 0) is 11.8 Å². The van der Waals surface area contributed by atoms with Gasteiger partial charge in [0, 0.05) is 24.2 Å². The average Bonchev–Trinajstić information content (AvgIpc) is 3.48. The van der Waals surface area contributed by atoms with Gasteiger partial charge in [0.15, 0.2) is 11.0 Å². The van der Waals surface area contributed by atoms with Crippen LogP contribution in [0.2, 0.25) is 0 Å². The van der Waals surface area contributed by atoms with E-state index in [0.29, 0.717) is 16.8 Å². The van der Waals surface area contributed by atoms with Gasteiger partial charge in [0.25, 0.3) is 0 Å². The molecule has 2 heterocycles. The molecule has 7 nitrogen and oxygen atoms in total. The van der Waals surface area contributed by atoms with Gasteiger partial charge in [-0.2, -0.15) is 5.10 Å². The van der Waals surface area contributed by atoms with Gasteiger partial charge in [0.1, 0.15) is 11.6 Å². The lowest BCUT2D eigenvalue weighted by atomic mass is 10.2. The number of para-hydroxylation sites is 1. The van der Waals surface area contributed by atoms with E-state index in [0.717, 1.165) is 22.5 Å². The Morgan fingerprint density at radius 1 is 0.914 bits per heavy atom. The first kappa shape index (κ1) is 22.5. The zero-order chi connectivity index (χ0) is 24.2. The number of hydrogen-bond acceptors (Lipinski definition) is 5. The Morgan fingerprint density at radius 2 is 1.60 bits per heavy atom. The van der Waals surface area contributed by atoms with E-state index in [1.165, 1.54) is 23.9 Å². The topological polar surface area (TPSA) is 77.6 Å². The van der Waals surface area contributed by atoms with Gasteiger partial charge < -0.3 is 9.88 Å². The number of nitrogens with one attached hydrogen (secondary N) is 1. The van der Waals surface area contributed by atoms with E-state index in [-0.39, 0.29) is 17.5 Å². The molecular weight excluding hydrogens is 463 g/mol. The minimum Gasteiger partial charge on any atom is -0.310 e. The quantitative estimate of drug-likeness (QED) is 0.321. The normalized spacial score (nSPS) is 10.9. The molecule has 0 fully saturated rings. The highest BCUT2D eigenvalue weighted by Crippen LogP contribution is 2.26. The zero-order valence-electron chi connectivity index (χ0n) is 18.8. The molecular formula is C26H21FN6OS. The number of rotatable bonds is 7. The Balaban J connectivity index is 1.33. The van der Waals surface area contributed by atoms with Gasteiger partial charge >= 0.3 is 0 Å². The van der Waals surface area contributed by atoms with Crippen LogP contribution in [0.5, 0.6) is 0 Å². The fourth-order valence-electron chi connectivity index (χ4n) is 3.59. The zero-order valence-corrected chi connectivity index (χ0v) is 19.6. The number of amides is 1. The molecule has 0 saturated heterocycles. The molecule has 35 heavy (non-hydrogen) atoms. The molecule has 1 N–H and O–H groups in total. The summed E-state index contributed by atoms with van der Waals surface area (Å²) in [7, 11) is 1.82. The second-order valence-corrected chi connectivity index (χ2v) is 8.68. The number of anilines is 1. The molecule has 0 spiro atoms. The van der Waals surface area contributed by atoms with Crippen molar-refractivity contribution in [1.82, 2.24) is 24.5 Å². The van der Waals surface area contributed by atoms with Crippen LogP contribution in [-0.4, -0.2) is 36.2 Å². The van der Waals surface area contributed by atoms with Gasteiger partial charge in [-0.25, -0.2) is 9.07 Å². The summed E-state index contributed by atoms with van der Waals surface area (Å²) in [5.41, 5.74) is 3.31. The van der Waals surface area contributed by atoms with Crippen molar-refractivity contribution >= 4 is 23.5 Å². The van der Waals surface area contributed by atoms with Crippen molar-refractivity contribution < 1.29 is 9.18 Å². The number of aromatic nitrogens is 5. The standard InChI is InChI=1S/C26H21FN6OS/c1-32-25(19-12-14-20(27)15-13-19)29-30-26(32)35-17-24(34)28-23-16-22(18-8-4-2-5-9-18)31-33(23)21-10-6-3-7-11-21/h2-16H,17H2,1H3,(H,28,34). The Labute approximate surface area is 205 Å². The maximum Gasteiger partial charge on any atom is 0.236 e. The fourth-order valence-corrected chi connectivity index (χ4v) is 4.30. The maximum absolute atomic E-state index is 13.2. The Morgan fingerprint density at radius 3 is 2.31 bits per heavy atom. The lowest BCUT2D eigenvalue weighted by Gasteiger charge is -2.09. The minimum absolute atomic E-state index is 0.135. The Kier molecular flexibility index (Phi) is 6.40. The van der Waals surface area contributed by atoms with Crippen LogP contribution >= 0.6 is 11.8 Å². The summed E-state index contributed by atoms with van der Waals surface area (Å²) in [5, 5.41) is 16.7. The minimum atomic E-state index is -0.313. The summed E-state index contributed by atoms with van der Waals surface area (Å²) < 4.78 is 16.7. The van der Waals surface area contributed by atoms with E-state index in [2.05, 4.69) is 15.5 Å². The van der Waals surface area contributed by atoms with E-state index in [1.54, 1.807) is 21.4 Å². The van der Waals surface area contributed by atoms with Crippen LogP contribution in [0.25, 0.3) is 28.3 Å². The van der Waals surface area contributed by atoms with Crippen molar-refractivity contribution in [2.75, 3.05) is 11.1 Å². The van der Waals surface area contributed by atoms with E-state index in [4.69, 9.17) is 5.10 Å². The third-order valence-electron chi connectivity index (χ3n) is 5.32. The van der Waals surface area contributed by atoms with Gasteiger partial charge in [-0.1, -0.05) is 60.3 Å². The van der Waals surface area contributed by atoms with Crippen LogP contribution < -0.4 is 5.32 Å². The van der Waals surface area contributed by atoms with Crippen molar-refractivity contribution in [2.24, 2.45) is 7.05 Å². The molecule has 0 aliphatic carbocycles.